The summed E-state index contributed by atoms with van der Waals surface area (Å²) in [6.07, 6.45) is 4.88. The Hall–Kier alpha value is -1.13. The molecule has 0 saturated heterocycles. The van der Waals surface area contributed by atoms with Gasteiger partial charge in [0, 0.05) is 33.3 Å². The number of hydrogen-bond donors (Lipinski definition) is 1. The van der Waals surface area contributed by atoms with E-state index in [1.54, 1.807) is 13.2 Å². The third kappa shape index (κ3) is 3.93. The molecule has 0 unspecified atom stereocenters. The highest BCUT2D eigenvalue weighted by Gasteiger charge is 2.21. The van der Waals surface area contributed by atoms with Gasteiger partial charge in [-0.25, -0.2) is 4.39 Å². The first-order valence-corrected chi connectivity index (χ1v) is 7.43. The fourth-order valence-corrected chi connectivity index (χ4v) is 2.84. The molecule has 0 heterocycles. The highest BCUT2D eigenvalue weighted by molar-refractivity contribution is 5.49. The monoisotopic (exact) mass is 280 g/mol. The van der Waals surface area contributed by atoms with Gasteiger partial charge in [0.25, 0.3) is 0 Å². The number of rotatable bonds is 7. The van der Waals surface area contributed by atoms with E-state index in [9.17, 15) is 4.39 Å². The van der Waals surface area contributed by atoms with Crippen molar-refractivity contribution in [3.63, 3.8) is 0 Å². The maximum absolute atomic E-state index is 14.2. The van der Waals surface area contributed by atoms with E-state index in [-0.39, 0.29) is 5.82 Å². The highest BCUT2D eigenvalue weighted by atomic mass is 19.1. The normalized spacial score (nSPS) is 15.8. The van der Waals surface area contributed by atoms with Crippen LogP contribution in [0, 0.1) is 5.82 Å². The van der Waals surface area contributed by atoms with Gasteiger partial charge in [-0.2, -0.15) is 0 Å². The van der Waals surface area contributed by atoms with Gasteiger partial charge in [-0.1, -0.05) is 18.9 Å². The number of hydrogen-bond acceptors (Lipinski definition) is 3. The summed E-state index contributed by atoms with van der Waals surface area (Å²) >= 11 is 0. The van der Waals surface area contributed by atoms with Crippen LogP contribution in [-0.2, 0) is 11.3 Å². The first-order valence-electron chi connectivity index (χ1n) is 7.43. The summed E-state index contributed by atoms with van der Waals surface area (Å²) in [6.45, 7) is 2.13. The van der Waals surface area contributed by atoms with Crippen molar-refractivity contribution in [3.8, 4) is 0 Å². The Balaban J connectivity index is 1.94. The SMILES string of the molecule is COCCNCc1ccc(N(C)C2CCCC2)c(F)c1. The van der Waals surface area contributed by atoms with Gasteiger partial charge in [-0.15, -0.1) is 0 Å². The van der Waals surface area contributed by atoms with Gasteiger partial charge in [0.1, 0.15) is 5.82 Å². The molecule has 3 nitrogen and oxygen atoms in total. The lowest BCUT2D eigenvalue weighted by Gasteiger charge is -2.27. The molecule has 1 aliphatic rings. The van der Waals surface area contributed by atoms with E-state index in [1.807, 2.05) is 19.2 Å². The lowest BCUT2D eigenvalue weighted by molar-refractivity contribution is 0.199. The number of anilines is 1. The fraction of sp³-hybridized carbons (Fsp3) is 0.625. The summed E-state index contributed by atoms with van der Waals surface area (Å²) in [5.74, 6) is -0.120. The number of nitrogens with zero attached hydrogens (tertiary/aromatic N) is 1. The molecule has 1 N–H and O–H groups in total. The quantitative estimate of drug-likeness (QED) is 0.777. The molecule has 0 radical (unpaired) electrons. The Labute approximate surface area is 121 Å². The van der Waals surface area contributed by atoms with Crippen molar-refractivity contribution < 1.29 is 9.13 Å². The van der Waals surface area contributed by atoms with Gasteiger partial charge < -0.3 is 15.0 Å². The van der Waals surface area contributed by atoms with Gasteiger partial charge in [0.05, 0.1) is 12.3 Å². The lowest BCUT2D eigenvalue weighted by Crippen LogP contribution is -2.29. The topological polar surface area (TPSA) is 24.5 Å². The second-order valence-corrected chi connectivity index (χ2v) is 5.50. The zero-order chi connectivity index (χ0) is 14.4. The molecule has 0 atom stereocenters. The molecule has 112 valence electrons. The molecule has 0 aliphatic heterocycles. The van der Waals surface area contributed by atoms with E-state index in [1.165, 1.54) is 25.7 Å². The average Bonchev–Trinajstić information content (AvgIpc) is 2.97. The molecule has 2 rings (SSSR count). The number of halogens is 1. The molecule has 0 spiro atoms. The van der Waals surface area contributed by atoms with E-state index in [0.717, 1.165) is 17.8 Å². The summed E-state index contributed by atoms with van der Waals surface area (Å²) in [7, 11) is 3.68. The molecule has 1 aromatic rings. The third-order valence-corrected chi connectivity index (χ3v) is 4.08. The maximum atomic E-state index is 14.2. The van der Waals surface area contributed by atoms with E-state index >= 15 is 0 Å². The zero-order valence-electron chi connectivity index (χ0n) is 12.5. The first kappa shape index (κ1) is 15.3. The molecule has 1 aromatic carbocycles. The number of methoxy groups -OCH3 is 1. The van der Waals surface area contributed by atoms with Crippen molar-refractivity contribution in [2.24, 2.45) is 0 Å². The second-order valence-electron chi connectivity index (χ2n) is 5.50. The minimum absolute atomic E-state index is 0.120. The molecule has 0 amide bonds. The molecule has 20 heavy (non-hydrogen) atoms. The van der Waals surface area contributed by atoms with Gasteiger partial charge >= 0.3 is 0 Å². The van der Waals surface area contributed by atoms with Crippen LogP contribution in [0.5, 0.6) is 0 Å². The van der Waals surface area contributed by atoms with E-state index < -0.39 is 0 Å². The molecule has 1 aliphatic carbocycles. The summed E-state index contributed by atoms with van der Waals surface area (Å²) in [5, 5.41) is 3.23. The summed E-state index contributed by atoms with van der Waals surface area (Å²) < 4.78 is 19.2. The number of ether oxygens (including phenoxy) is 1. The van der Waals surface area contributed by atoms with Crippen molar-refractivity contribution in [1.29, 1.82) is 0 Å². The first-order chi connectivity index (χ1) is 9.72. The van der Waals surface area contributed by atoms with Gasteiger partial charge in [-0.3, -0.25) is 0 Å². The maximum Gasteiger partial charge on any atom is 0.146 e. The second kappa shape index (κ2) is 7.60. The van der Waals surface area contributed by atoms with Gasteiger partial charge in [0.15, 0.2) is 0 Å². The van der Waals surface area contributed by atoms with Crippen LogP contribution in [0.3, 0.4) is 0 Å². The number of nitrogens with one attached hydrogen (secondary N) is 1. The Morgan fingerprint density at radius 1 is 1.35 bits per heavy atom. The fourth-order valence-electron chi connectivity index (χ4n) is 2.84. The minimum Gasteiger partial charge on any atom is -0.383 e. The highest BCUT2D eigenvalue weighted by Crippen LogP contribution is 2.28. The summed E-state index contributed by atoms with van der Waals surface area (Å²) in [6, 6.07) is 6.04. The van der Waals surface area contributed by atoms with Crippen LogP contribution >= 0.6 is 0 Å². The van der Waals surface area contributed by atoms with Crippen LogP contribution in [0.4, 0.5) is 10.1 Å². The van der Waals surface area contributed by atoms with Crippen molar-refractivity contribution in [1.82, 2.24) is 5.32 Å². The summed E-state index contributed by atoms with van der Waals surface area (Å²) in [5.41, 5.74) is 1.69. The van der Waals surface area contributed by atoms with E-state index in [0.29, 0.717) is 19.2 Å². The van der Waals surface area contributed by atoms with Crippen LogP contribution in [0.2, 0.25) is 0 Å². The van der Waals surface area contributed by atoms with Crippen molar-refractivity contribution in [2.75, 3.05) is 32.2 Å². The van der Waals surface area contributed by atoms with Crippen LogP contribution in [-0.4, -0.2) is 33.4 Å². The van der Waals surface area contributed by atoms with Gasteiger partial charge in [-0.05, 0) is 30.5 Å². The molecular formula is C16H25FN2O. The van der Waals surface area contributed by atoms with Crippen LogP contribution in [0.1, 0.15) is 31.2 Å². The largest absolute Gasteiger partial charge is 0.383 e. The van der Waals surface area contributed by atoms with Crippen LogP contribution in [0.15, 0.2) is 18.2 Å². The Morgan fingerprint density at radius 3 is 2.75 bits per heavy atom. The van der Waals surface area contributed by atoms with E-state index in [4.69, 9.17) is 4.74 Å². The molecule has 4 heteroatoms. The smallest absolute Gasteiger partial charge is 0.146 e. The predicted octanol–water partition coefficient (Wildman–Crippen LogP) is 2.94. The minimum atomic E-state index is -0.120. The molecule has 0 aromatic heterocycles. The zero-order valence-corrected chi connectivity index (χ0v) is 12.5. The molecule has 1 fully saturated rings. The van der Waals surface area contributed by atoms with Crippen LogP contribution < -0.4 is 10.2 Å². The van der Waals surface area contributed by atoms with Crippen molar-refractivity contribution in [3.05, 3.63) is 29.6 Å². The Bertz CT molecular complexity index is 419. The van der Waals surface area contributed by atoms with Crippen LogP contribution in [0.25, 0.3) is 0 Å². The van der Waals surface area contributed by atoms with Crippen molar-refractivity contribution >= 4 is 5.69 Å². The van der Waals surface area contributed by atoms with E-state index in [2.05, 4.69) is 10.2 Å². The van der Waals surface area contributed by atoms with Crippen molar-refractivity contribution in [2.45, 2.75) is 38.3 Å². The van der Waals surface area contributed by atoms with Gasteiger partial charge in [0.2, 0.25) is 0 Å². The summed E-state index contributed by atoms with van der Waals surface area (Å²) in [4.78, 5) is 2.10. The third-order valence-electron chi connectivity index (χ3n) is 4.08. The molecule has 0 bridgehead atoms. The Morgan fingerprint density at radius 2 is 2.10 bits per heavy atom. The molecular weight excluding hydrogens is 255 g/mol. The average molecular weight is 280 g/mol. The number of benzene rings is 1. The Kier molecular flexibility index (Phi) is 5.80. The standard InChI is InChI=1S/C16H25FN2O/c1-19(14-5-3-4-6-14)16-8-7-13(11-15(16)17)12-18-9-10-20-2/h7-8,11,14,18H,3-6,9-10,12H2,1-2H3. The lowest BCUT2D eigenvalue weighted by atomic mass is 10.1. The predicted molar refractivity (Wildman–Crippen MR) is 80.6 cm³/mol. The molecule has 1 saturated carbocycles.